The van der Waals surface area contributed by atoms with Crippen molar-refractivity contribution in [2.45, 2.75) is 19.4 Å². The van der Waals surface area contributed by atoms with Crippen LogP contribution in [0.2, 0.25) is 0 Å². The van der Waals surface area contributed by atoms with E-state index in [1.54, 1.807) is 17.0 Å². The van der Waals surface area contributed by atoms with Gasteiger partial charge in [0.2, 0.25) is 0 Å². The smallest absolute Gasteiger partial charge is 0.410 e. The fourth-order valence-electron chi connectivity index (χ4n) is 3.06. The average molecular weight is 352 g/mol. The molecule has 0 aliphatic carbocycles. The summed E-state index contributed by atoms with van der Waals surface area (Å²) in [6, 6.07) is 18.9. The van der Waals surface area contributed by atoms with Crippen molar-refractivity contribution >= 4 is 12.0 Å². The summed E-state index contributed by atoms with van der Waals surface area (Å²) in [6.07, 6.45) is 1.48. The van der Waals surface area contributed by atoms with Gasteiger partial charge in [-0.15, -0.1) is 0 Å². The Bertz CT molecular complexity index is 711. The van der Waals surface area contributed by atoms with Gasteiger partial charge in [-0.2, -0.15) is 0 Å². The SMILES string of the molecule is O=C(NCC1CCN(C(=O)OCc2ccccc2)CC1)c1ccccc1. The van der Waals surface area contributed by atoms with Gasteiger partial charge in [-0.1, -0.05) is 48.5 Å². The Hall–Kier alpha value is -2.82. The van der Waals surface area contributed by atoms with Gasteiger partial charge in [-0.05, 0) is 36.5 Å². The molecule has 5 nitrogen and oxygen atoms in total. The molecular formula is C21H24N2O3. The van der Waals surface area contributed by atoms with Gasteiger partial charge in [0.1, 0.15) is 6.61 Å². The molecule has 136 valence electrons. The first-order valence-corrected chi connectivity index (χ1v) is 9.01. The molecule has 1 N–H and O–H groups in total. The number of carbonyl (C=O) groups excluding carboxylic acids is 2. The van der Waals surface area contributed by atoms with E-state index in [9.17, 15) is 9.59 Å². The molecule has 2 aromatic carbocycles. The lowest BCUT2D eigenvalue weighted by Gasteiger charge is -2.31. The van der Waals surface area contributed by atoms with E-state index in [-0.39, 0.29) is 12.0 Å². The third kappa shape index (κ3) is 5.09. The molecule has 1 fully saturated rings. The van der Waals surface area contributed by atoms with E-state index in [2.05, 4.69) is 5.32 Å². The van der Waals surface area contributed by atoms with Crippen LogP contribution in [0.15, 0.2) is 60.7 Å². The summed E-state index contributed by atoms with van der Waals surface area (Å²) < 4.78 is 5.38. The maximum Gasteiger partial charge on any atom is 0.410 e. The maximum absolute atomic E-state index is 12.2. The van der Waals surface area contributed by atoms with E-state index < -0.39 is 0 Å². The number of likely N-dealkylation sites (tertiary alicyclic amines) is 1. The number of hydrogen-bond donors (Lipinski definition) is 1. The fraction of sp³-hybridized carbons (Fsp3) is 0.333. The van der Waals surface area contributed by atoms with Crippen LogP contribution in [0, 0.1) is 5.92 Å². The van der Waals surface area contributed by atoms with Crippen molar-refractivity contribution in [2.75, 3.05) is 19.6 Å². The second-order valence-electron chi connectivity index (χ2n) is 6.55. The summed E-state index contributed by atoms with van der Waals surface area (Å²) in [7, 11) is 0. The Morgan fingerprint density at radius 1 is 0.962 bits per heavy atom. The molecule has 0 unspecified atom stereocenters. The second kappa shape index (κ2) is 9.04. The zero-order valence-corrected chi connectivity index (χ0v) is 14.8. The number of amides is 2. The second-order valence-corrected chi connectivity index (χ2v) is 6.55. The third-order valence-corrected chi connectivity index (χ3v) is 4.67. The van der Waals surface area contributed by atoms with E-state index in [1.807, 2.05) is 48.5 Å². The lowest BCUT2D eigenvalue weighted by molar-refractivity contribution is 0.0801. The summed E-state index contributed by atoms with van der Waals surface area (Å²) in [6.45, 7) is 2.27. The minimum atomic E-state index is -0.263. The van der Waals surface area contributed by atoms with Crippen LogP contribution < -0.4 is 5.32 Å². The molecule has 5 heteroatoms. The number of rotatable bonds is 5. The van der Waals surface area contributed by atoms with Crippen molar-refractivity contribution in [3.05, 3.63) is 71.8 Å². The minimum absolute atomic E-state index is 0.0460. The molecule has 0 spiro atoms. The van der Waals surface area contributed by atoms with Crippen LogP contribution in [0.4, 0.5) is 4.79 Å². The lowest BCUT2D eigenvalue weighted by Crippen LogP contribution is -2.41. The first-order chi connectivity index (χ1) is 12.7. The Kier molecular flexibility index (Phi) is 6.25. The molecule has 0 radical (unpaired) electrons. The first kappa shape index (κ1) is 18.0. The third-order valence-electron chi connectivity index (χ3n) is 4.67. The largest absolute Gasteiger partial charge is 0.445 e. The highest BCUT2D eigenvalue weighted by molar-refractivity contribution is 5.94. The average Bonchev–Trinajstić information content (AvgIpc) is 2.72. The molecule has 0 atom stereocenters. The molecule has 2 amide bonds. The van der Waals surface area contributed by atoms with E-state index in [0.29, 0.717) is 37.7 Å². The van der Waals surface area contributed by atoms with Gasteiger partial charge in [0, 0.05) is 25.2 Å². The molecule has 1 aliphatic rings. The predicted octanol–water partition coefficient (Wildman–Crippen LogP) is 3.47. The zero-order chi connectivity index (χ0) is 18.2. The quantitative estimate of drug-likeness (QED) is 0.896. The van der Waals surface area contributed by atoms with Crippen LogP contribution in [0.25, 0.3) is 0 Å². The van der Waals surface area contributed by atoms with E-state index in [1.165, 1.54) is 0 Å². The highest BCUT2D eigenvalue weighted by Crippen LogP contribution is 2.17. The van der Waals surface area contributed by atoms with Crippen LogP contribution in [-0.2, 0) is 11.3 Å². The maximum atomic E-state index is 12.2. The molecule has 3 rings (SSSR count). The van der Waals surface area contributed by atoms with Crippen LogP contribution in [0.5, 0.6) is 0 Å². The van der Waals surface area contributed by atoms with Crippen molar-refractivity contribution < 1.29 is 14.3 Å². The van der Waals surface area contributed by atoms with Crippen molar-refractivity contribution in [1.29, 1.82) is 0 Å². The van der Waals surface area contributed by atoms with Crippen molar-refractivity contribution in [2.24, 2.45) is 5.92 Å². The van der Waals surface area contributed by atoms with Gasteiger partial charge < -0.3 is 15.0 Å². The summed E-state index contributed by atoms with van der Waals surface area (Å²) in [5.41, 5.74) is 1.66. The Morgan fingerprint density at radius 2 is 1.58 bits per heavy atom. The zero-order valence-electron chi connectivity index (χ0n) is 14.8. The number of nitrogens with zero attached hydrogens (tertiary/aromatic N) is 1. The molecule has 0 aromatic heterocycles. The van der Waals surface area contributed by atoms with Crippen LogP contribution >= 0.6 is 0 Å². The van der Waals surface area contributed by atoms with Gasteiger partial charge in [0.15, 0.2) is 0 Å². The lowest BCUT2D eigenvalue weighted by atomic mass is 9.97. The summed E-state index contributed by atoms with van der Waals surface area (Å²) >= 11 is 0. The summed E-state index contributed by atoms with van der Waals surface area (Å²) in [5, 5.41) is 2.99. The molecule has 26 heavy (non-hydrogen) atoms. The molecule has 1 aliphatic heterocycles. The molecule has 1 heterocycles. The number of piperidine rings is 1. The molecule has 2 aromatic rings. The first-order valence-electron chi connectivity index (χ1n) is 9.01. The van der Waals surface area contributed by atoms with Gasteiger partial charge in [-0.25, -0.2) is 4.79 Å². The molecule has 1 saturated heterocycles. The fourth-order valence-corrected chi connectivity index (χ4v) is 3.06. The van der Waals surface area contributed by atoms with E-state index >= 15 is 0 Å². The summed E-state index contributed by atoms with van der Waals surface area (Å²) in [5.74, 6) is 0.344. The number of hydrogen-bond acceptors (Lipinski definition) is 3. The monoisotopic (exact) mass is 352 g/mol. The van der Waals surface area contributed by atoms with Crippen molar-refractivity contribution in [1.82, 2.24) is 10.2 Å². The van der Waals surface area contributed by atoms with Crippen LogP contribution in [0.1, 0.15) is 28.8 Å². The highest BCUT2D eigenvalue weighted by atomic mass is 16.6. The van der Waals surface area contributed by atoms with E-state index in [0.717, 1.165) is 18.4 Å². The van der Waals surface area contributed by atoms with Crippen LogP contribution in [-0.4, -0.2) is 36.5 Å². The molecular weight excluding hydrogens is 328 g/mol. The Labute approximate surface area is 154 Å². The number of benzene rings is 2. The number of carbonyl (C=O) groups is 2. The number of nitrogens with one attached hydrogen (secondary N) is 1. The standard InChI is InChI=1S/C21H24N2O3/c24-20(19-9-5-2-6-10-19)22-15-17-11-13-23(14-12-17)21(25)26-16-18-7-3-1-4-8-18/h1-10,17H,11-16H2,(H,22,24). The molecule has 0 saturated carbocycles. The predicted molar refractivity (Wildman–Crippen MR) is 99.7 cm³/mol. The van der Waals surface area contributed by atoms with Gasteiger partial charge in [-0.3, -0.25) is 4.79 Å². The topological polar surface area (TPSA) is 58.6 Å². The summed E-state index contributed by atoms with van der Waals surface area (Å²) in [4.78, 5) is 26.0. The van der Waals surface area contributed by atoms with Gasteiger partial charge in [0.25, 0.3) is 5.91 Å². The Morgan fingerprint density at radius 3 is 2.23 bits per heavy atom. The molecule has 0 bridgehead atoms. The normalized spacial score (nSPS) is 14.7. The highest BCUT2D eigenvalue weighted by Gasteiger charge is 2.24. The van der Waals surface area contributed by atoms with Gasteiger partial charge in [0.05, 0.1) is 0 Å². The number of ether oxygens (including phenoxy) is 1. The Balaban J connectivity index is 1.37. The van der Waals surface area contributed by atoms with Gasteiger partial charge >= 0.3 is 6.09 Å². The van der Waals surface area contributed by atoms with Crippen molar-refractivity contribution in [3.63, 3.8) is 0 Å². The van der Waals surface area contributed by atoms with E-state index in [4.69, 9.17) is 4.74 Å². The van der Waals surface area contributed by atoms with Crippen LogP contribution in [0.3, 0.4) is 0 Å². The van der Waals surface area contributed by atoms with Crippen molar-refractivity contribution in [3.8, 4) is 0 Å². The minimum Gasteiger partial charge on any atom is -0.445 e.